The molecule has 0 saturated carbocycles. The second-order valence-electron chi connectivity index (χ2n) is 5.60. The maximum absolute atomic E-state index is 12.1. The number of aromatic amines is 1. The number of hydrogen-bond donors (Lipinski definition) is 2. The summed E-state index contributed by atoms with van der Waals surface area (Å²) in [6.07, 6.45) is 3.11. The largest absolute Gasteiger partial charge is 0.486 e. The molecular formula is C19H16N4O3. The Kier molecular flexibility index (Phi) is 4.34. The van der Waals surface area contributed by atoms with E-state index in [-0.39, 0.29) is 11.9 Å². The van der Waals surface area contributed by atoms with Gasteiger partial charge in [-0.3, -0.25) is 15.2 Å². The Morgan fingerprint density at radius 3 is 2.73 bits per heavy atom. The fraction of sp³-hybridized carbons (Fsp3) is 0.105. The number of carbonyl (C=O) groups is 1. The summed E-state index contributed by atoms with van der Waals surface area (Å²) in [4.78, 5) is 16.3. The summed E-state index contributed by atoms with van der Waals surface area (Å²) < 4.78 is 11.0. The zero-order chi connectivity index (χ0) is 17.8. The third-order valence-electron chi connectivity index (χ3n) is 3.76. The smallest absolute Gasteiger partial charge is 0.250 e. The van der Waals surface area contributed by atoms with E-state index in [9.17, 15) is 4.79 Å². The highest BCUT2D eigenvalue weighted by Gasteiger charge is 2.11. The molecule has 0 atom stereocenters. The van der Waals surface area contributed by atoms with Gasteiger partial charge in [0.2, 0.25) is 5.95 Å². The summed E-state index contributed by atoms with van der Waals surface area (Å²) in [6, 6.07) is 15.1. The van der Waals surface area contributed by atoms with Crippen molar-refractivity contribution in [2.24, 2.45) is 0 Å². The number of nitrogens with one attached hydrogen (secondary N) is 2. The van der Waals surface area contributed by atoms with Gasteiger partial charge in [-0.05, 0) is 23.8 Å². The number of carbonyl (C=O) groups excluding carboxylic acids is 1. The van der Waals surface area contributed by atoms with Crippen LogP contribution in [-0.4, -0.2) is 34.3 Å². The van der Waals surface area contributed by atoms with Crippen LogP contribution in [0.25, 0.3) is 17.5 Å². The molecule has 4 rings (SSSR count). The molecule has 2 N–H and O–H groups in total. The standard InChI is InChI=1S/C19H16N4O3/c24-17(9-7-13-6-8-15-16(12-13)26-11-10-25-15)20-19-21-18(22-23-19)14-4-2-1-3-5-14/h1-9,12H,10-11H2,(H2,20,21,22,23,24). The Morgan fingerprint density at radius 2 is 1.88 bits per heavy atom. The number of fused-ring (bicyclic) bond motifs is 1. The van der Waals surface area contributed by atoms with Crippen LogP contribution in [0.5, 0.6) is 11.5 Å². The van der Waals surface area contributed by atoms with E-state index in [4.69, 9.17) is 9.47 Å². The van der Waals surface area contributed by atoms with Gasteiger partial charge in [-0.2, -0.15) is 4.98 Å². The summed E-state index contributed by atoms with van der Waals surface area (Å²) in [5, 5.41) is 9.44. The molecule has 1 aliphatic heterocycles. The van der Waals surface area contributed by atoms with Crippen LogP contribution >= 0.6 is 0 Å². The number of ether oxygens (including phenoxy) is 2. The van der Waals surface area contributed by atoms with E-state index in [1.54, 1.807) is 6.08 Å². The van der Waals surface area contributed by atoms with Crippen LogP contribution in [0, 0.1) is 0 Å². The van der Waals surface area contributed by atoms with Crippen LogP contribution in [0.2, 0.25) is 0 Å². The van der Waals surface area contributed by atoms with Gasteiger partial charge in [0.15, 0.2) is 17.3 Å². The van der Waals surface area contributed by atoms with Gasteiger partial charge in [-0.15, -0.1) is 5.10 Å². The van der Waals surface area contributed by atoms with Crippen LogP contribution in [0.1, 0.15) is 5.56 Å². The highest BCUT2D eigenvalue weighted by molar-refractivity contribution is 6.01. The van der Waals surface area contributed by atoms with Gasteiger partial charge in [0.1, 0.15) is 13.2 Å². The zero-order valence-electron chi connectivity index (χ0n) is 13.8. The molecule has 1 amide bonds. The fourth-order valence-corrected chi connectivity index (χ4v) is 2.53. The highest BCUT2D eigenvalue weighted by Crippen LogP contribution is 2.31. The van der Waals surface area contributed by atoms with Crippen LogP contribution in [-0.2, 0) is 4.79 Å². The van der Waals surface area contributed by atoms with Crippen molar-refractivity contribution in [3.05, 3.63) is 60.2 Å². The Hall–Kier alpha value is -3.61. The number of anilines is 1. The number of benzene rings is 2. The van der Waals surface area contributed by atoms with E-state index in [0.29, 0.717) is 30.5 Å². The van der Waals surface area contributed by atoms with Crippen molar-refractivity contribution in [1.82, 2.24) is 15.2 Å². The van der Waals surface area contributed by atoms with Crippen molar-refractivity contribution in [2.75, 3.05) is 18.5 Å². The molecule has 0 saturated heterocycles. The van der Waals surface area contributed by atoms with Crippen LogP contribution in [0.3, 0.4) is 0 Å². The molecule has 0 spiro atoms. The molecule has 3 aromatic rings. The van der Waals surface area contributed by atoms with Gasteiger partial charge in [-0.1, -0.05) is 36.4 Å². The van der Waals surface area contributed by atoms with Gasteiger partial charge >= 0.3 is 0 Å². The van der Waals surface area contributed by atoms with E-state index in [1.807, 2.05) is 48.5 Å². The Morgan fingerprint density at radius 1 is 1.08 bits per heavy atom. The van der Waals surface area contributed by atoms with E-state index in [1.165, 1.54) is 6.08 Å². The summed E-state index contributed by atoms with van der Waals surface area (Å²) in [7, 11) is 0. The predicted molar refractivity (Wildman–Crippen MR) is 96.9 cm³/mol. The number of hydrogen-bond acceptors (Lipinski definition) is 5. The van der Waals surface area contributed by atoms with Gasteiger partial charge < -0.3 is 9.47 Å². The third-order valence-corrected chi connectivity index (χ3v) is 3.76. The molecule has 0 unspecified atom stereocenters. The molecule has 1 aliphatic rings. The van der Waals surface area contributed by atoms with Gasteiger partial charge in [0.25, 0.3) is 5.91 Å². The Labute approximate surface area is 149 Å². The minimum absolute atomic E-state index is 0.223. The molecule has 7 nitrogen and oxygen atoms in total. The summed E-state index contributed by atoms with van der Waals surface area (Å²) in [5.41, 5.74) is 1.73. The summed E-state index contributed by atoms with van der Waals surface area (Å²) in [6.45, 7) is 1.07. The minimum atomic E-state index is -0.321. The maximum Gasteiger partial charge on any atom is 0.250 e. The third kappa shape index (κ3) is 3.56. The molecule has 26 heavy (non-hydrogen) atoms. The normalized spacial score (nSPS) is 12.9. The van der Waals surface area contributed by atoms with Gasteiger partial charge in [0, 0.05) is 11.6 Å². The van der Waals surface area contributed by atoms with Crippen molar-refractivity contribution in [3.63, 3.8) is 0 Å². The Balaban J connectivity index is 1.41. The maximum atomic E-state index is 12.1. The molecule has 0 bridgehead atoms. The fourth-order valence-electron chi connectivity index (χ4n) is 2.53. The van der Waals surface area contributed by atoms with E-state index in [0.717, 1.165) is 11.1 Å². The van der Waals surface area contributed by atoms with Crippen molar-refractivity contribution in [1.29, 1.82) is 0 Å². The predicted octanol–water partition coefficient (Wildman–Crippen LogP) is 2.89. The second kappa shape index (κ2) is 7.10. The molecule has 2 heterocycles. The quantitative estimate of drug-likeness (QED) is 0.708. The van der Waals surface area contributed by atoms with E-state index >= 15 is 0 Å². The molecule has 1 aromatic heterocycles. The zero-order valence-corrected chi connectivity index (χ0v) is 13.8. The number of rotatable bonds is 4. The lowest BCUT2D eigenvalue weighted by molar-refractivity contribution is -0.111. The molecular weight excluding hydrogens is 332 g/mol. The molecule has 7 heteroatoms. The molecule has 0 fully saturated rings. The first-order valence-corrected chi connectivity index (χ1v) is 8.14. The molecule has 2 aromatic carbocycles. The lowest BCUT2D eigenvalue weighted by atomic mass is 10.2. The first-order chi connectivity index (χ1) is 12.8. The van der Waals surface area contributed by atoms with Gasteiger partial charge in [0.05, 0.1) is 0 Å². The first kappa shape index (κ1) is 15.9. The van der Waals surface area contributed by atoms with Crippen molar-refractivity contribution >= 4 is 17.9 Å². The monoisotopic (exact) mass is 348 g/mol. The summed E-state index contributed by atoms with van der Waals surface area (Å²) >= 11 is 0. The SMILES string of the molecule is O=C(C=Cc1ccc2c(c1)OCCO2)Nc1n[nH]c(-c2ccccc2)n1. The number of aromatic nitrogens is 3. The van der Waals surface area contributed by atoms with Crippen LogP contribution < -0.4 is 14.8 Å². The Bertz CT molecular complexity index is 950. The lowest BCUT2D eigenvalue weighted by Gasteiger charge is -2.18. The second-order valence-corrected chi connectivity index (χ2v) is 5.60. The topological polar surface area (TPSA) is 89.1 Å². The molecule has 0 aliphatic carbocycles. The van der Waals surface area contributed by atoms with Crippen LogP contribution in [0.15, 0.2) is 54.6 Å². The van der Waals surface area contributed by atoms with Crippen molar-refractivity contribution in [2.45, 2.75) is 0 Å². The van der Waals surface area contributed by atoms with Crippen LogP contribution in [0.4, 0.5) is 5.95 Å². The first-order valence-electron chi connectivity index (χ1n) is 8.14. The van der Waals surface area contributed by atoms with E-state index < -0.39 is 0 Å². The lowest BCUT2D eigenvalue weighted by Crippen LogP contribution is -2.15. The van der Waals surface area contributed by atoms with Crippen molar-refractivity contribution < 1.29 is 14.3 Å². The molecule has 130 valence electrons. The van der Waals surface area contributed by atoms with Gasteiger partial charge in [-0.25, -0.2) is 0 Å². The molecule has 0 radical (unpaired) electrons. The average molecular weight is 348 g/mol. The number of H-pyrrole nitrogens is 1. The van der Waals surface area contributed by atoms with Crippen molar-refractivity contribution in [3.8, 4) is 22.9 Å². The summed E-state index contributed by atoms with van der Waals surface area (Å²) in [5.74, 6) is 1.89. The number of nitrogens with zero attached hydrogens (tertiary/aromatic N) is 2. The average Bonchev–Trinajstić information content (AvgIpc) is 3.15. The minimum Gasteiger partial charge on any atom is -0.486 e. The van der Waals surface area contributed by atoms with E-state index in [2.05, 4.69) is 20.5 Å². The number of amides is 1. The highest BCUT2D eigenvalue weighted by atomic mass is 16.6.